The topological polar surface area (TPSA) is 82.2 Å². The van der Waals surface area contributed by atoms with Crippen molar-refractivity contribution < 1.29 is 13.9 Å². The van der Waals surface area contributed by atoms with E-state index in [-0.39, 0.29) is 6.67 Å². The third-order valence-electron chi connectivity index (χ3n) is 4.14. The number of carbonyl (C=O) groups excluding carboxylic acids is 1. The summed E-state index contributed by atoms with van der Waals surface area (Å²) in [5.74, 6) is 1.10. The lowest BCUT2D eigenvalue weighted by molar-refractivity contribution is 0.167. The van der Waals surface area contributed by atoms with Crippen molar-refractivity contribution in [3.05, 3.63) is 72.9 Å². The summed E-state index contributed by atoms with van der Waals surface area (Å²) in [6.07, 6.45) is 1.23. The van der Waals surface area contributed by atoms with Gasteiger partial charge in [-0.2, -0.15) is 5.10 Å². The largest absolute Gasteiger partial charge is 0.453 e. The molecule has 1 N–H and O–H groups in total. The van der Waals surface area contributed by atoms with Crippen molar-refractivity contribution in [3.8, 4) is 34.2 Å². The molecule has 2 aromatic carbocycles. The normalized spacial score (nSPS) is 10.6. The lowest BCUT2D eigenvalue weighted by Gasteiger charge is -2.03. The Morgan fingerprint density at radius 3 is 2.39 bits per heavy atom. The molecule has 28 heavy (non-hydrogen) atoms. The number of benzene rings is 2. The van der Waals surface area contributed by atoms with E-state index in [0.29, 0.717) is 23.0 Å². The fourth-order valence-corrected chi connectivity index (χ4v) is 2.78. The first-order valence-corrected chi connectivity index (χ1v) is 8.72. The van der Waals surface area contributed by atoms with Gasteiger partial charge >= 0.3 is 6.09 Å². The molecule has 0 atom stereocenters. The molecule has 7 heteroatoms. The molecule has 0 bridgehead atoms. The first kappa shape index (κ1) is 17.5. The van der Waals surface area contributed by atoms with Crippen LogP contribution in [0.25, 0.3) is 34.2 Å². The number of aromatic nitrogens is 3. The molecule has 0 unspecified atom stereocenters. The lowest BCUT2D eigenvalue weighted by atomic mass is 10.1. The highest BCUT2D eigenvalue weighted by Crippen LogP contribution is 2.34. The minimum atomic E-state index is -0.520. The van der Waals surface area contributed by atoms with Crippen LogP contribution in [0.5, 0.6) is 0 Å². The second kappa shape index (κ2) is 7.79. The Morgan fingerprint density at radius 2 is 1.71 bits per heavy atom. The zero-order valence-corrected chi connectivity index (χ0v) is 15.2. The first-order valence-electron chi connectivity index (χ1n) is 8.72. The van der Waals surface area contributed by atoms with Gasteiger partial charge in [0.1, 0.15) is 18.1 Å². The van der Waals surface area contributed by atoms with E-state index < -0.39 is 6.09 Å². The first-order chi connectivity index (χ1) is 13.7. The Bertz CT molecular complexity index is 1070. The van der Waals surface area contributed by atoms with E-state index in [9.17, 15) is 4.79 Å². The van der Waals surface area contributed by atoms with Crippen molar-refractivity contribution >= 4 is 6.09 Å². The van der Waals surface area contributed by atoms with Crippen LogP contribution in [0.3, 0.4) is 0 Å². The summed E-state index contributed by atoms with van der Waals surface area (Å²) in [5, 5.41) is 7.08. The summed E-state index contributed by atoms with van der Waals surface area (Å²) < 4.78 is 12.3. The van der Waals surface area contributed by atoms with E-state index in [1.165, 1.54) is 7.11 Å². The number of oxazole rings is 1. The summed E-state index contributed by atoms with van der Waals surface area (Å²) in [6, 6.07) is 21.4. The monoisotopic (exact) mass is 374 g/mol. The van der Waals surface area contributed by atoms with Gasteiger partial charge in [0.15, 0.2) is 5.76 Å². The van der Waals surface area contributed by atoms with Gasteiger partial charge in [0, 0.05) is 17.3 Å². The minimum absolute atomic E-state index is 0.188. The van der Waals surface area contributed by atoms with E-state index >= 15 is 0 Å². The van der Waals surface area contributed by atoms with Crippen molar-refractivity contribution in [1.82, 2.24) is 20.1 Å². The quantitative estimate of drug-likeness (QED) is 0.566. The molecule has 0 spiro atoms. The molecule has 4 aromatic rings. The number of alkyl carbamates (subject to hydrolysis) is 1. The Labute approximate surface area is 161 Å². The van der Waals surface area contributed by atoms with Crippen molar-refractivity contribution in [2.75, 3.05) is 7.11 Å². The molecule has 0 aliphatic rings. The molecule has 140 valence electrons. The third kappa shape index (κ3) is 3.64. The number of methoxy groups -OCH3 is 1. The fourth-order valence-electron chi connectivity index (χ4n) is 2.78. The van der Waals surface area contributed by atoms with Crippen molar-refractivity contribution in [1.29, 1.82) is 0 Å². The molecule has 2 aromatic heterocycles. The number of ether oxygens (including phenoxy) is 1. The Kier molecular flexibility index (Phi) is 4.88. The Morgan fingerprint density at radius 1 is 1.04 bits per heavy atom. The molecule has 0 saturated carbocycles. The number of hydrogen-bond acceptors (Lipinski definition) is 5. The number of hydrogen-bond donors (Lipinski definition) is 1. The van der Waals surface area contributed by atoms with Crippen LogP contribution in [0, 0.1) is 0 Å². The van der Waals surface area contributed by atoms with Crippen LogP contribution in [-0.2, 0) is 11.4 Å². The zero-order chi connectivity index (χ0) is 19.3. The lowest BCUT2D eigenvalue weighted by Crippen LogP contribution is -2.26. The molecule has 0 saturated heterocycles. The van der Waals surface area contributed by atoms with Gasteiger partial charge in [0.05, 0.1) is 7.11 Å². The Balaban J connectivity index is 1.72. The van der Waals surface area contributed by atoms with Gasteiger partial charge in [0.2, 0.25) is 5.89 Å². The summed E-state index contributed by atoms with van der Waals surface area (Å²) in [4.78, 5) is 16.0. The molecule has 2 heterocycles. The average Bonchev–Trinajstić information content (AvgIpc) is 3.40. The smallest absolute Gasteiger partial charge is 0.408 e. The van der Waals surface area contributed by atoms with E-state index in [1.807, 2.05) is 66.7 Å². The molecule has 0 radical (unpaired) electrons. The van der Waals surface area contributed by atoms with Gasteiger partial charge in [-0.3, -0.25) is 4.68 Å². The average molecular weight is 374 g/mol. The van der Waals surface area contributed by atoms with E-state index in [4.69, 9.17) is 9.40 Å². The van der Waals surface area contributed by atoms with E-state index in [1.54, 1.807) is 10.9 Å². The number of amides is 1. The van der Waals surface area contributed by atoms with Crippen molar-refractivity contribution in [3.63, 3.8) is 0 Å². The SMILES string of the molecule is COC(=O)NCn1ccc(-c2oc(-c3ccccc3)nc2-c2ccccc2)n1. The maximum Gasteiger partial charge on any atom is 0.408 e. The van der Waals surface area contributed by atoms with E-state index in [2.05, 4.69) is 15.2 Å². The maximum atomic E-state index is 11.3. The van der Waals surface area contributed by atoms with Gasteiger partial charge in [-0.25, -0.2) is 9.78 Å². The van der Waals surface area contributed by atoms with E-state index in [0.717, 1.165) is 11.1 Å². The summed E-state index contributed by atoms with van der Waals surface area (Å²) in [7, 11) is 1.32. The van der Waals surface area contributed by atoms with Crippen LogP contribution in [0.4, 0.5) is 4.79 Å². The van der Waals surface area contributed by atoms with Gasteiger partial charge in [0.25, 0.3) is 0 Å². The standard InChI is InChI=1S/C21H18N4O3/c1-27-21(26)22-14-25-13-12-17(24-25)19-18(15-8-4-2-5-9-15)23-20(28-19)16-10-6-3-7-11-16/h2-13H,14H2,1H3,(H,22,26). The molecule has 0 aliphatic heterocycles. The van der Waals surface area contributed by atoms with Crippen LogP contribution in [0.1, 0.15) is 0 Å². The molecule has 4 rings (SSSR count). The van der Waals surface area contributed by atoms with Crippen molar-refractivity contribution in [2.24, 2.45) is 0 Å². The Hall–Kier alpha value is -3.87. The fraction of sp³-hybridized carbons (Fsp3) is 0.0952. The van der Waals surface area contributed by atoms with Crippen LogP contribution >= 0.6 is 0 Å². The summed E-state index contributed by atoms with van der Waals surface area (Å²) in [6.45, 7) is 0.188. The predicted octanol–water partition coefficient (Wildman–Crippen LogP) is 4.19. The third-order valence-corrected chi connectivity index (χ3v) is 4.14. The predicted molar refractivity (Wildman–Crippen MR) is 104 cm³/mol. The minimum Gasteiger partial charge on any atom is -0.453 e. The van der Waals surface area contributed by atoms with Gasteiger partial charge < -0.3 is 14.5 Å². The number of rotatable bonds is 5. The van der Waals surface area contributed by atoms with Crippen LogP contribution in [0.2, 0.25) is 0 Å². The molecular weight excluding hydrogens is 356 g/mol. The van der Waals surface area contributed by atoms with Crippen LogP contribution in [-0.4, -0.2) is 28.0 Å². The highest BCUT2D eigenvalue weighted by atomic mass is 16.5. The second-order valence-electron chi connectivity index (χ2n) is 6.00. The molecule has 7 nitrogen and oxygen atoms in total. The summed E-state index contributed by atoms with van der Waals surface area (Å²) in [5.41, 5.74) is 3.16. The number of nitrogens with zero attached hydrogens (tertiary/aromatic N) is 3. The van der Waals surface area contributed by atoms with Crippen molar-refractivity contribution in [2.45, 2.75) is 6.67 Å². The molecule has 1 amide bonds. The number of carbonyl (C=O) groups is 1. The molecule has 0 fully saturated rings. The zero-order valence-electron chi connectivity index (χ0n) is 15.2. The van der Waals surface area contributed by atoms with Gasteiger partial charge in [-0.05, 0) is 18.2 Å². The maximum absolute atomic E-state index is 11.3. The van der Waals surface area contributed by atoms with Crippen LogP contribution in [0.15, 0.2) is 77.3 Å². The second-order valence-corrected chi connectivity index (χ2v) is 6.00. The number of nitrogens with one attached hydrogen (secondary N) is 1. The van der Waals surface area contributed by atoms with Crippen LogP contribution < -0.4 is 5.32 Å². The van der Waals surface area contributed by atoms with Gasteiger partial charge in [-0.1, -0.05) is 48.5 Å². The highest BCUT2D eigenvalue weighted by molar-refractivity contribution is 5.77. The van der Waals surface area contributed by atoms with Gasteiger partial charge in [-0.15, -0.1) is 0 Å². The molecular formula is C21H18N4O3. The highest BCUT2D eigenvalue weighted by Gasteiger charge is 2.19. The molecule has 0 aliphatic carbocycles. The summed E-state index contributed by atoms with van der Waals surface area (Å²) >= 11 is 0.